The number of ether oxygens (including phenoxy) is 1. The zero-order valence-corrected chi connectivity index (χ0v) is 5.87. The number of hydrogen-bond acceptors (Lipinski definition) is 2. The average Bonchev–Trinajstić information content (AvgIpc) is 2.02. The Hall–Kier alpha value is -1.05. The van der Waals surface area contributed by atoms with Gasteiger partial charge in [-0.3, -0.25) is 4.98 Å². The summed E-state index contributed by atoms with van der Waals surface area (Å²) in [6, 6.07) is 3.40. The van der Waals surface area contributed by atoms with Crippen LogP contribution >= 0.6 is 0 Å². The van der Waals surface area contributed by atoms with Crippen molar-refractivity contribution in [2.24, 2.45) is 0 Å². The van der Waals surface area contributed by atoms with Gasteiger partial charge in [0.15, 0.2) is 0 Å². The fourth-order valence-corrected chi connectivity index (χ4v) is 0.590. The van der Waals surface area contributed by atoms with Crippen molar-refractivity contribution in [1.29, 1.82) is 0 Å². The molecular weight excluding hydrogens is 126 g/mol. The molecule has 2 heteroatoms. The normalized spacial score (nSPS) is 13.7. The third kappa shape index (κ3) is 2.05. The predicted molar refractivity (Wildman–Crippen MR) is 40.0 cm³/mol. The van der Waals surface area contributed by atoms with E-state index in [0.29, 0.717) is 5.75 Å². The molecule has 0 N–H and O–H groups in total. The van der Waals surface area contributed by atoms with Crippen molar-refractivity contribution in [3.05, 3.63) is 24.5 Å². The SMILES string of the molecule is [2H]C([2H])(C)COc1ccncc1. The summed E-state index contributed by atoms with van der Waals surface area (Å²) in [4.78, 5) is 3.82. The van der Waals surface area contributed by atoms with Crippen LogP contribution in [-0.4, -0.2) is 11.6 Å². The second kappa shape index (κ2) is 3.88. The van der Waals surface area contributed by atoms with E-state index >= 15 is 0 Å². The van der Waals surface area contributed by atoms with Crippen molar-refractivity contribution in [3.8, 4) is 5.75 Å². The van der Waals surface area contributed by atoms with Gasteiger partial charge in [-0.15, -0.1) is 0 Å². The van der Waals surface area contributed by atoms with E-state index in [-0.39, 0.29) is 6.61 Å². The number of aromatic nitrogens is 1. The summed E-state index contributed by atoms with van der Waals surface area (Å²) in [5.41, 5.74) is 0. The molecular formula is C8H11NO. The van der Waals surface area contributed by atoms with Gasteiger partial charge in [0, 0.05) is 15.1 Å². The Labute approximate surface area is 63.7 Å². The molecule has 0 saturated heterocycles. The van der Waals surface area contributed by atoms with Gasteiger partial charge in [-0.1, -0.05) is 6.92 Å². The highest BCUT2D eigenvalue weighted by molar-refractivity contribution is 5.16. The lowest BCUT2D eigenvalue weighted by molar-refractivity contribution is 0.317. The molecule has 2 nitrogen and oxygen atoms in total. The largest absolute Gasteiger partial charge is 0.493 e. The first-order valence-corrected chi connectivity index (χ1v) is 3.11. The van der Waals surface area contributed by atoms with Gasteiger partial charge < -0.3 is 4.74 Å². The number of hydrogen-bond donors (Lipinski definition) is 0. The molecule has 0 unspecified atom stereocenters. The van der Waals surface area contributed by atoms with Crippen molar-refractivity contribution in [2.45, 2.75) is 13.3 Å². The molecule has 54 valence electrons. The Kier molecular flexibility index (Phi) is 1.83. The molecule has 0 aliphatic heterocycles. The summed E-state index contributed by atoms with van der Waals surface area (Å²) >= 11 is 0. The zero-order valence-electron chi connectivity index (χ0n) is 7.87. The minimum atomic E-state index is -1.29. The molecule has 0 bridgehead atoms. The fourth-order valence-electron chi connectivity index (χ4n) is 0.590. The van der Waals surface area contributed by atoms with E-state index in [4.69, 9.17) is 7.48 Å². The Balaban J connectivity index is 2.44. The molecule has 0 spiro atoms. The molecule has 0 atom stereocenters. The molecule has 0 amide bonds. The maximum atomic E-state index is 7.21. The van der Waals surface area contributed by atoms with Crippen molar-refractivity contribution >= 4 is 0 Å². The molecule has 1 heterocycles. The molecule has 0 aliphatic rings. The first-order valence-electron chi connectivity index (χ1n) is 4.11. The monoisotopic (exact) mass is 139 g/mol. The average molecular weight is 139 g/mol. The van der Waals surface area contributed by atoms with E-state index in [1.165, 1.54) is 6.92 Å². The second-order valence-corrected chi connectivity index (χ2v) is 1.83. The van der Waals surface area contributed by atoms with Crippen molar-refractivity contribution in [1.82, 2.24) is 4.98 Å². The summed E-state index contributed by atoms with van der Waals surface area (Å²) in [5.74, 6) is 0.649. The molecule has 0 aromatic carbocycles. The molecule has 1 aromatic heterocycles. The van der Waals surface area contributed by atoms with Crippen molar-refractivity contribution in [3.63, 3.8) is 0 Å². The van der Waals surface area contributed by atoms with Crippen LogP contribution in [0.25, 0.3) is 0 Å². The topological polar surface area (TPSA) is 22.1 Å². The van der Waals surface area contributed by atoms with Crippen LogP contribution < -0.4 is 4.74 Å². The quantitative estimate of drug-likeness (QED) is 0.637. The Morgan fingerprint density at radius 3 is 2.90 bits per heavy atom. The van der Waals surface area contributed by atoms with E-state index in [1.54, 1.807) is 24.5 Å². The van der Waals surface area contributed by atoms with E-state index in [9.17, 15) is 0 Å². The van der Waals surface area contributed by atoms with Crippen molar-refractivity contribution < 1.29 is 7.48 Å². The zero-order chi connectivity index (χ0) is 9.03. The van der Waals surface area contributed by atoms with Crippen LogP contribution in [0.4, 0.5) is 0 Å². The predicted octanol–water partition coefficient (Wildman–Crippen LogP) is 1.87. The standard InChI is InChI=1S/C8H11NO/c1-2-7-10-8-3-5-9-6-4-8/h3-6H,2,7H2,1H3/i2D2. The van der Waals surface area contributed by atoms with Gasteiger partial charge in [-0.05, 0) is 18.5 Å². The minimum absolute atomic E-state index is 0.0665. The smallest absolute Gasteiger partial charge is 0.122 e. The Bertz CT molecular complexity index is 233. The first-order chi connectivity index (χ1) is 5.58. The summed E-state index contributed by atoms with van der Waals surface area (Å²) in [6.45, 7) is 1.55. The lowest BCUT2D eigenvalue weighted by atomic mass is 10.4. The van der Waals surface area contributed by atoms with Gasteiger partial charge in [0.05, 0.1) is 6.61 Å². The van der Waals surface area contributed by atoms with E-state index in [2.05, 4.69) is 4.98 Å². The highest BCUT2D eigenvalue weighted by Gasteiger charge is 1.87. The molecule has 0 radical (unpaired) electrons. The molecule has 10 heavy (non-hydrogen) atoms. The summed E-state index contributed by atoms with van der Waals surface area (Å²) in [7, 11) is 0. The van der Waals surface area contributed by atoms with Gasteiger partial charge >= 0.3 is 0 Å². The third-order valence-corrected chi connectivity index (χ3v) is 1.03. The highest BCUT2D eigenvalue weighted by atomic mass is 16.5. The molecule has 1 rings (SSSR count). The van der Waals surface area contributed by atoms with E-state index in [0.717, 1.165) is 0 Å². The van der Waals surface area contributed by atoms with Crippen LogP contribution in [0.3, 0.4) is 0 Å². The molecule has 1 aromatic rings. The maximum absolute atomic E-state index is 7.21. The third-order valence-electron chi connectivity index (χ3n) is 1.03. The Morgan fingerprint density at radius 1 is 1.60 bits per heavy atom. The molecule has 0 saturated carbocycles. The van der Waals surface area contributed by atoms with Crippen LogP contribution in [-0.2, 0) is 0 Å². The van der Waals surface area contributed by atoms with E-state index in [1.807, 2.05) is 0 Å². The summed E-state index contributed by atoms with van der Waals surface area (Å²) in [6.07, 6.45) is 1.93. The lowest BCUT2D eigenvalue weighted by Gasteiger charge is -2.01. The number of rotatable bonds is 3. The van der Waals surface area contributed by atoms with Crippen LogP contribution in [0, 0.1) is 0 Å². The van der Waals surface area contributed by atoms with Crippen LogP contribution in [0.2, 0.25) is 0 Å². The Morgan fingerprint density at radius 2 is 2.30 bits per heavy atom. The highest BCUT2D eigenvalue weighted by Crippen LogP contribution is 2.06. The minimum Gasteiger partial charge on any atom is -0.493 e. The van der Waals surface area contributed by atoms with Crippen LogP contribution in [0.1, 0.15) is 16.0 Å². The van der Waals surface area contributed by atoms with Crippen molar-refractivity contribution in [2.75, 3.05) is 6.61 Å². The van der Waals surface area contributed by atoms with Gasteiger partial charge in [0.25, 0.3) is 0 Å². The fraction of sp³-hybridized carbons (Fsp3) is 0.375. The van der Waals surface area contributed by atoms with Gasteiger partial charge in [0.2, 0.25) is 0 Å². The lowest BCUT2D eigenvalue weighted by Crippen LogP contribution is -1.94. The van der Waals surface area contributed by atoms with Gasteiger partial charge in [-0.2, -0.15) is 0 Å². The van der Waals surface area contributed by atoms with Crippen LogP contribution in [0.5, 0.6) is 5.75 Å². The second-order valence-electron chi connectivity index (χ2n) is 1.83. The van der Waals surface area contributed by atoms with Gasteiger partial charge in [0.1, 0.15) is 5.75 Å². The number of pyridine rings is 1. The first kappa shape index (κ1) is 4.72. The van der Waals surface area contributed by atoms with E-state index < -0.39 is 6.37 Å². The molecule has 0 aliphatic carbocycles. The summed E-state index contributed by atoms with van der Waals surface area (Å²) < 4.78 is 19.6. The maximum Gasteiger partial charge on any atom is 0.122 e. The van der Waals surface area contributed by atoms with Crippen LogP contribution in [0.15, 0.2) is 24.5 Å². The number of nitrogens with zero attached hydrogens (tertiary/aromatic N) is 1. The van der Waals surface area contributed by atoms with Gasteiger partial charge in [-0.25, -0.2) is 0 Å². The molecule has 0 fully saturated rings. The summed E-state index contributed by atoms with van der Waals surface area (Å²) in [5, 5.41) is 0.